The van der Waals surface area contributed by atoms with E-state index in [1.165, 1.54) is 0 Å². The molecule has 2 aromatic carbocycles. The molecule has 0 saturated heterocycles. The molecular formula is C23H26N4O2. The fraction of sp³-hybridized carbons (Fsp3) is 0.261. The molecule has 2 N–H and O–H groups in total. The second-order valence-corrected chi connectivity index (χ2v) is 7.97. The Labute approximate surface area is 170 Å². The summed E-state index contributed by atoms with van der Waals surface area (Å²) in [4.78, 5) is 25.0. The summed E-state index contributed by atoms with van der Waals surface area (Å²) in [5, 5.41) is 10.2. The number of nitrogens with one attached hydrogen (secondary N) is 2. The van der Waals surface area contributed by atoms with Crippen LogP contribution in [0.4, 0.5) is 0 Å². The molecule has 0 aliphatic carbocycles. The van der Waals surface area contributed by atoms with E-state index in [1.807, 2.05) is 82.3 Å². The molecule has 0 atom stereocenters. The highest BCUT2D eigenvalue weighted by Gasteiger charge is 2.21. The summed E-state index contributed by atoms with van der Waals surface area (Å²) in [5.74, 6) is -0.576. The first-order valence-electron chi connectivity index (χ1n) is 9.55. The Morgan fingerprint density at radius 2 is 1.66 bits per heavy atom. The quantitative estimate of drug-likeness (QED) is 0.700. The Bertz CT molecular complexity index is 1020. The van der Waals surface area contributed by atoms with Crippen molar-refractivity contribution < 1.29 is 9.59 Å². The van der Waals surface area contributed by atoms with Gasteiger partial charge >= 0.3 is 0 Å². The lowest BCUT2D eigenvalue weighted by molar-refractivity contribution is -0.121. The molecule has 6 nitrogen and oxygen atoms in total. The lowest BCUT2D eigenvalue weighted by Crippen LogP contribution is -2.45. The van der Waals surface area contributed by atoms with E-state index in [4.69, 9.17) is 0 Å². The molecule has 0 saturated carbocycles. The third kappa shape index (κ3) is 5.10. The molecule has 150 valence electrons. The molecule has 1 aromatic heterocycles. The average molecular weight is 390 g/mol. The monoisotopic (exact) mass is 390 g/mol. The van der Waals surface area contributed by atoms with E-state index >= 15 is 0 Å². The van der Waals surface area contributed by atoms with Crippen LogP contribution in [-0.2, 0) is 4.79 Å². The summed E-state index contributed by atoms with van der Waals surface area (Å²) in [6.45, 7) is 7.57. The highest BCUT2D eigenvalue weighted by molar-refractivity contribution is 6.01. The number of benzene rings is 2. The molecule has 0 unspecified atom stereocenters. The molecule has 0 radical (unpaired) electrons. The summed E-state index contributed by atoms with van der Waals surface area (Å²) < 4.78 is 1.69. The maximum Gasteiger partial charge on any atom is 0.255 e. The lowest BCUT2D eigenvalue weighted by Gasteiger charge is -2.20. The maximum absolute atomic E-state index is 12.9. The van der Waals surface area contributed by atoms with Gasteiger partial charge in [0.2, 0.25) is 5.91 Å². The van der Waals surface area contributed by atoms with Gasteiger partial charge in [-0.15, -0.1) is 0 Å². The Morgan fingerprint density at radius 3 is 2.31 bits per heavy atom. The average Bonchev–Trinajstić information content (AvgIpc) is 3.11. The van der Waals surface area contributed by atoms with Crippen LogP contribution in [0.3, 0.4) is 0 Å². The summed E-state index contributed by atoms with van der Waals surface area (Å²) in [6, 6.07) is 17.4. The molecule has 0 fully saturated rings. The first kappa shape index (κ1) is 20.3. The molecule has 6 heteroatoms. The maximum atomic E-state index is 12.9. The molecule has 0 bridgehead atoms. The number of hydrogen-bond acceptors (Lipinski definition) is 3. The highest BCUT2D eigenvalue weighted by Crippen LogP contribution is 2.26. The molecule has 2 amide bonds. The van der Waals surface area contributed by atoms with Crippen LogP contribution in [0, 0.1) is 6.92 Å². The van der Waals surface area contributed by atoms with Gasteiger partial charge in [0.25, 0.3) is 5.91 Å². The van der Waals surface area contributed by atoms with E-state index in [0.29, 0.717) is 11.3 Å². The Morgan fingerprint density at radius 1 is 1.00 bits per heavy atom. The van der Waals surface area contributed by atoms with Gasteiger partial charge < -0.3 is 10.6 Å². The van der Waals surface area contributed by atoms with Crippen LogP contribution in [0.1, 0.15) is 36.7 Å². The number of carbonyl (C=O) groups is 2. The number of carbonyl (C=O) groups excluding carboxylic acids is 2. The van der Waals surface area contributed by atoms with Gasteiger partial charge in [0.05, 0.1) is 17.8 Å². The van der Waals surface area contributed by atoms with Crippen molar-refractivity contribution in [3.05, 3.63) is 71.9 Å². The number of rotatable bonds is 5. The van der Waals surface area contributed by atoms with Gasteiger partial charge in [0.1, 0.15) is 5.69 Å². The molecule has 0 aliphatic rings. The summed E-state index contributed by atoms with van der Waals surface area (Å²) in [7, 11) is 0. The SMILES string of the molecule is Cc1ccccc1-c1nn(-c2ccccc2)cc1C(=O)NCC(=O)NC(C)(C)C. The van der Waals surface area contributed by atoms with Crippen molar-refractivity contribution in [3.63, 3.8) is 0 Å². The summed E-state index contributed by atoms with van der Waals surface area (Å²) >= 11 is 0. The van der Waals surface area contributed by atoms with Crippen molar-refractivity contribution in [2.75, 3.05) is 6.54 Å². The number of hydrogen-bond donors (Lipinski definition) is 2. The smallest absolute Gasteiger partial charge is 0.255 e. The predicted molar refractivity (Wildman–Crippen MR) is 114 cm³/mol. The highest BCUT2D eigenvalue weighted by atomic mass is 16.2. The molecular weight excluding hydrogens is 364 g/mol. The zero-order chi connectivity index (χ0) is 21.0. The molecule has 29 heavy (non-hydrogen) atoms. The Kier molecular flexibility index (Phi) is 5.82. The van der Waals surface area contributed by atoms with Crippen LogP contribution in [0.15, 0.2) is 60.8 Å². The van der Waals surface area contributed by atoms with E-state index in [1.54, 1.807) is 10.9 Å². The minimum atomic E-state index is -0.355. The number of aromatic nitrogens is 2. The molecule has 0 aliphatic heterocycles. The second kappa shape index (κ2) is 8.31. The molecule has 1 heterocycles. The third-order valence-electron chi connectivity index (χ3n) is 4.30. The van der Waals surface area contributed by atoms with E-state index < -0.39 is 0 Å². The van der Waals surface area contributed by atoms with Crippen molar-refractivity contribution in [3.8, 4) is 16.9 Å². The van der Waals surface area contributed by atoms with Crippen LogP contribution in [0.25, 0.3) is 16.9 Å². The van der Waals surface area contributed by atoms with Crippen molar-refractivity contribution >= 4 is 11.8 Å². The second-order valence-electron chi connectivity index (χ2n) is 7.97. The van der Waals surface area contributed by atoms with Gasteiger partial charge in [-0.2, -0.15) is 5.10 Å². The van der Waals surface area contributed by atoms with E-state index in [0.717, 1.165) is 16.8 Å². The largest absolute Gasteiger partial charge is 0.350 e. The van der Waals surface area contributed by atoms with Gasteiger partial charge in [0, 0.05) is 17.3 Å². The first-order valence-corrected chi connectivity index (χ1v) is 9.55. The van der Waals surface area contributed by atoms with Gasteiger partial charge in [-0.3, -0.25) is 9.59 Å². The Balaban J connectivity index is 1.92. The third-order valence-corrected chi connectivity index (χ3v) is 4.30. The standard InChI is InChI=1S/C23H26N4O2/c1-16-10-8-9-13-18(16)21-19(15-27(26-21)17-11-6-5-7-12-17)22(29)24-14-20(28)25-23(2,3)4/h5-13,15H,14H2,1-4H3,(H,24,29)(H,25,28). The normalized spacial score (nSPS) is 11.2. The van der Waals surface area contributed by atoms with Gasteiger partial charge in [-0.1, -0.05) is 42.5 Å². The molecule has 3 aromatic rings. The molecule has 3 rings (SSSR count). The van der Waals surface area contributed by atoms with E-state index in [9.17, 15) is 9.59 Å². The number of aryl methyl sites for hydroxylation is 1. The van der Waals surface area contributed by atoms with Gasteiger partial charge in [-0.05, 0) is 45.4 Å². The van der Waals surface area contributed by atoms with Crippen molar-refractivity contribution in [2.45, 2.75) is 33.2 Å². The van der Waals surface area contributed by atoms with Crippen molar-refractivity contribution in [2.24, 2.45) is 0 Å². The summed E-state index contributed by atoms with van der Waals surface area (Å²) in [5.41, 5.74) is 3.41. The van der Waals surface area contributed by atoms with Gasteiger partial charge in [-0.25, -0.2) is 4.68 Å². The topological polar surface area (TPSA) is 76.0 Å². The zero-order valence-corrected chi connectivity index (χ0v) is 17.2. The van der Waals surface area contributed by atoms with Gasteiger partial charge in [0.15, 0.2) is 0 Å². The van der Waals surface area contributed by atoms with Crippen LogP contribution in [-0.4, -0.2) is 33.7 Å². The zero-order valence-electron chi connectivity index (χ0n) is 17.2. The number of nitrogens with zero attached hydrogens (tertiary/aromatic N) is 2. The number of para-hydroxylation sites is 1. The Hall–Kier alpha value is -3.41. The van der Waals surface area contributed by atoms with Crippen LogP contribution in [0.2, 0.25) is 0 Å². The van der Waals surface area contributed by atoms with Crippen LogP contribution < -0.4 is 10.6 Å². The van der Waals surface area contributed by atoms with Crippen molar-refractivity contribution in [1.82, 2.24) is 20.4 Å². The first-order chi connectivity index (χ1) is 13.7. The minimum Gasteiger partial charge on any atom is -0.350 e. The fourth-order valence-electron chi connectivity index (χ4n) is 3.01. The van der Waals surface area contributed by atoms with Crippen LogP contribution in [0.5, 0.6) is 0 Å². The van der Waals surface area contributed by atoms with Crippen LogP contribution >= 0.6 is 0 Å². The molecule has 0 spiro atoms. The number of amides is 2. The lowest BCUT2D eigenvalue weighted by atomic mass is 10.0. The van der Waals surface area contributed by atoms with Crippen molar-refractivity contribution in [1.29, 1.82) is 0 Å². The van der Waals surface area contributed by atoms with E-state index in [2.05, 4.69) is 15.7 Å². The predicted octanol–water partition coefficient (Wildman–Crippen LogP) is 3.49. The summed E-state index contributed by atoms with van der Waals surface area (Å²) in [6.07, 6.45) is 1.70. The minimum absolute atomic E-state index is 0.0974. The fourth-order valence-corrected chi connectivity index (χ4v) is 3.01. The van der Waals surface area contributed by atoms with E-state index in [-0.39, 0.29) is 23.9 Å².